The molecule has 0 heterocycles. The molecule has 0 saturated heterocycles. The quantitative estimate of drug-likeness (QED) is 0.656. The first-order valence-electron chi connectivity index (χ1n) is 6.17. The average molecular weight is 258 g/mol. The molecule has 1 aromatic carbocycles. The van der Waals surface area contributed by atoms with Crippen LogP contribution in [0, 0.1) is 0 Å². The summed E-state index contributed by atoms with van der Waals surface area (Å²) in [5.74, 6) is 0.936. The summed E-state index contributed by atoms with van der Waals surface area (Å²) in [5, 5.41) is 0. The van der Waals surface area contributed by atoms with Crippen LogP contribution in [0.5, 0.6) is 5.75 Å². The van der Waals surface area contributed by atoms with E-state index in [9.17, 15) is 0 Å². The molecule has 98 valence electrons. The van der Waals surface area contributed by atoms with Crippen LogP contribution in [-0.4, -0.2) is 31.2 Å². The Morgan fingerprint density at radius 3 is 1.76 bits per heavy atom. The van der Waals surface area contributed by atoms with Gasteiger partial charge in [0, 0.05) is 5.56 Å². The largest absolute Gasteiger partial charge is 1.00 e. The maximum atomic E-state index is 5.17. The smallest absolute Gasteiger partial charge is 0.118 e. The molecule has 2 nitrogen and oxygen atoms in total. The van der Waals surface area contributed by atoms with Gasteiger partial charge in [0.2, 0.25) is 0 Å². The van der Waals surface area contributed by atoms with E-state index in [4.69, 9.17) is 4.74 Å². The van der Waals surface area contributed by atoms with Crippen molar-refractivity contribution in [3.8, 4) is 5.75 Å². The van der Waals surface area contributed by atoms with E-state index in [1.54, 1.807) is 7.11 Å². The highest BCUT2D eigenvalue weighted by Gasteiger charge is 2.20. The Bertz CT molecular complexity index is 298. The van der Waals surface area contributed by atoms with E-state index < -0.39 is 0 Å². The Morgan fingerprint density at radius 1 is 0.941 bits per heavy atom. The van der Waals surface area contributed by atoms with Crippen molar-refractivity contribution in [2.45, 2.75) is 27.3 Å². The number of nitrogens with zero attached hydrogens (tertiary/aromatic N) is 1. The molecule has 0 fully saturated rings. The molecule has 1 aromatic rings. The molecule has 0 aliphatic carbocycles. The van der Waals surface area contributed by atoms with Gasteiger partial charge in [-0.25, -0.2) is 0 Å². The van der Waals surface area contributed by atoms with Gasteiger partial charge in [-0.05, 0) is 45.0 Å². The fourth-order valence-electron chi connectivity index (χ4n) is 2.12. The standard InChI is InChI=1S/C14H24NO.ClH/c1-5-15(6-2,7-3)12-13-8-10-14(16-4)11-9-13;/h8-11H,5-7,12H2,1-4H3;1H/q+1;/p-1. The summed E-state index contributed by atoms with van der Waals surface area (Å²) in [6.07, 6.45) is 0. The summed E-state index contributed by atoms with van der Waals surface area (Å²) < 4.78 is 6.33. The van der Waals surface area contributed by atoms with Gasteiger partial charge in [-0.1, -0.05) is 0 Å². The van der Waals surface area contributed by atoms with Crippen molar-refractivity contribution in [3.63, 3.8) is 0 Å². The van der Waals surface area contributed by atoms with Crippen molar-refractivity contribution in [1.82, 2.24) is 0 Å². The molecule has 0 unspecified atom stereocenters. The lowest BCUT2D eigenvalue weighted by molar-refractivity contribution is -0.936. The SMILES string of the molecule is CC[N+](CC)(CC)Cc1ccc(OC)cc1.[Cl-]. The van der Waals surface area contributed by atoms with Gasteiger partial charge in [0.25, 0.3) is 0 Å². The van der Waals surface area contributed by atoms with Gasteiger partial charge >= 0.3 is 0 Å². The van der Waals surface area contributed by atoms with Crippen LogP contribution in [0.3, 0.4) is 0 Å². The van der Waals surface area contributed by atoms with Crippen LogP contribution in [0.2, 0.25) is 0 Å². The number of methoxy groups -OCH3 is 1. The molecule has 0 saturated carbocycles. The third-order valence-electron chi connectivity index (χ3n) is 3.69. The van der Waals surface area contributed by atoms with Crippen LogP contribution < -0.4 is 17.1 Å². The topological polar surface area (TPSA) is 9.23 Å². The Labute approximate surface area is 112 Å². The lowest BCUT2D eigenvalue weighted by atomic mass is 10.1. The predicted octanol–water partition coefficient (Wildman–Crippen LogP) is 0.0757. The average Bonchev–Trinajstić information content (AvgIpc) is 2.37. The Morgan fingerprint density at radius 2 is 1.41 bits per heavy atom. The number of hydrogen-bond acceptors (Lipinski definition) is 1. The number of halogens is 1. The van der Waals surface area contributed by atoms with E-state index >= 15 is 0 Å². The molecule has 0 radical (unpaired) electrons. The van der Waals surface area contributed by atoms with Crippen molar-refractivity contribution < 1.29 is 21.6 Å². The van der Waals surface area contributed by atoms with E-state index in [-0.39, 0.29) is 12.4 Å². The third-order valence-corrected chi connectivity index (χ3v) is 3.69. The van der Waals surface area contributed by atoms with Crippen LogP contribution in [0.25, 0.3) is 0 Å². The van der Waals surface area contributed by atoms with Crippen molar-refractivity contribution in [3.05, 3.63) is 29.8 Å². The number of benzene rings is 1. The second-order valence-corrected chi connectivity index (χ2v) is 4.30. The lowest BCUT2D eigenvalue weighted by Crippen LogP contribution is -3.00. The molecule has 0 N–H and O–H groups in total. The molecule has 0 aliphatic rings. The third kappa shape index (κ3) is 4.21. The van der Waals surface area contributed by atoms with E-state index in [1.807, 2.05) is 12.1 Å². The number of rotatable bonds is 6. The summed E-state index contributed by atoms with van der Waals surface area (Å²) in [7, 11) is 1.71. The predicted molar refractivity (Wildman–Crippen MR) is 68.6 cm³/mol. The molecular formula is C14H24ClNO. The van der Waals surface area contributed by atoms with E-state index in [0.29, 0.717) is 0 Å². The zero-order valence-electron chi connectivity index (χ0n) is 11.4. The fourth-order valence-corrected chi connectivity index (χ4v) is 2.12. The van der Waals surface area contributed by atoms with Crippen molar-refractivity contribution in [1.29, 1.82) is 0 Å². The highest BCUT2D eigenvalue weighted by molar-refractivity contribution is 5.26. The van der Waals surface area contributed by atoms with Gasteiger partial charge in [-0.15, -0.1) is 0 Å². The molecule has 0 spiro atoms. The van der Waals surface area contributed by atoms with Gasteiger partial charge in [-0.2, -0.15) is 0 Å². The fraction of sp³-hybridized carbons (Fsp3) is 0.571. The molecule has 0 aliphatic heterocycles. The van der Waals surface area contributed by atoms with Crippen LogP contribution >= 0.6 is 0 Å². The molecule has 17 heavy (non-hydrogen) atoms. The summed E-state index contributed by atoms with van der Waals surface area (Å²) in [6.45, 7) is 11.5. The second-order valence-electron chi connectivity index (χ2n) is 4.30. The van der Waals surface area contributed by atoms with E-state index in [0.717, 1.165) is 16.8 Å². The van der Waals surface area contributed by atoms with Gasteiger partial charge in [-0.3, -0.25) is 0 Å². The van der Waals surface area contributed by atoms with Gasteiger partial charge < -0.3 is 21.6 Å². The van der Waals surface area contributed by atoms with Crippen LogP contribution in [0.15, 0.2) is 24.3 Å². The lowest BCUT2D eigenvalue weighted by Gasteiger charge is -2.35. The van der Waals surface area contributed by atoms with Crippen LogP contribution in [0.4, 0.5) is 0 Å². The highest BCUT2D eigenvalue weighted by Crippen LogP contribution is 2.17. The number of hydrogen-bond donors (Lipinski definition) is 0. The summed E-state index contributed by atoms with van der Waals surface area (Å²) in [6, 6.07) is 8.44. The molecule has 0 amide bonds. The van der Waals surface area contributed by atoms with Crippen molar-refractivity contribution >= 4 is 0 Å². The first-order valence-corrected chi connectivity index (χ1v) is 6.17. The maximum absolute atomic E-state index is 5.17. The minimum Gasteiger partial charge on any atom is -1.00 e. The summed E-state index contributed by atoms with van der Waals surface area (Å²) in [5.41, 5.74) is 1.39. The first-order chi connectivity index (χ1) is 7.69. The Hall–Kier alpha value is -0.730. The monoisotopic (exact) mass is 257 g/mol. The number of quaternary nitrogens is 1. The summed E-state index contributed by atoms with van der Waals surface area (Å²) >= 11 is 0. The molecule has 1 rings (SSSR count). The second kappa shape index (κ2) is 7.57. The van der Waals surface area contributed by atoms with Crippen molar-refractivity contribution in [2.24, 2.45) is 0 Å². The molecule has 0 aromatic heterocycles. The zero-order valence-corrected chi connectivity index (χ0v) is 12.1. The van der Waals surface area contributed by atoms with Crippen molar-refractivity contribution in [2.75, 3.05) is 26.7 Å². The minimum atomic E-state index is 0. The minimum absolute atomic E-state index is 0. The Balaban J connectivity index is 0.00000256. The maximum Gasteiger partial charge on any atom is 0.118 e. The van der Waals surface area contributed by atoms with Gasteiger partial charge in [0.1, 0.15) is 12.3 Å². The van der Waals surface area contributed by atoms with E-state index in [2.05, 4.69) is 32.9 Å². The van der Waals surface area contributed by atoms with Crippen LogP contribution in [-0.2, 0) is 6.54 Å². The molecule has 3 heteroatoms. The normalized spacial score (nSPS) is 10.8. The summed E-state index contributed by atoms with van der Waals surface area (Å²) in [4.78, 5) is 0. The molecule has 0 bridgehead atoms. The van der Waals surface area contributed by atoms with Gasteiger partial charge in [0.05, 0.1) is 26.7 Å². The zero-order chi connectivity index (χ0) is 12.0. The number of ether oxygens (including phenoxy) is 1. The Kier molecular flexibility index (Phi) is 7.24. The molecular weight excluding hydrogens is 234 g/mol. The molecule has 0 atom stereocenters. The van der Waals surface area contributed by atoms with E-state index in [1.165, 1.54) is 25.2 Å². The van der Waals surface area contributed by atoms with Gasteiger partial charge in [0.15, 0.2) is 0 Å². The van der Waals surface area contributed by atoms with Crippen LogP contribution in [0.1, 0.15) is 26.3 Å². The first kappa shape index (κ1) is 16.3. The highest BCUT2D eigenvalue weighted by atomic mass is 35.5.